The van der Waals surface area contributed by atoms with Crippen LogP contribution in [0.4, 0.5) is 5.69 Å². The topological polar surface area (TPSA) is 63.7 Å². The molecular formula is C22H27N3O3. The fourth-order valence-electron chi connectivity index (χ4n) is 4.17. The number of carbonyl (C=O) groups excluding carboxylic acids is 1. The van der Waals surface area contributed by atoms with Gasteiger partial charge in [0.1, 0.15) is 11.9 Å². The first-order valence-corrected chi connectivity index (χ1v) is 9.85. The standard InChI is InChI=1S/C22H27N3O3/c1-15-19(7-4-9-23-15)24-22(26)20-12-17-8-10-25(14-21(17)28-20)13-16-5-3-6-18(11-16)27-2/h3-7,9,11,17,20-21H,8,10,12-14H2,1-2H3,(H,24,26)/t17-,20+,21+/m0/s1. The summed E-state index contributed by atoms with van der Waals surface area (Å²) in [6.07, 6.45) is 3.31. The average molecular weight is 381 g/mol. The minimum absolute atomic E-state index is 0.0650. The number of methoxy groups -OCH3 is 1. The molecule has 6 nitrogen and oxygen atoms in total. The van der Waals surface area contributed by atoms with Gasteiger partial charge >= 0.3 is 0 Å². The Morgan fingerprint density at radius 3 is 3.07 bits per heavy atom. The summed E-state index contributed by atoms with van der Waals surface area (Å²) in [7, 11) is 1.69. The molecule has 0 spiro atoms. The molecule has 2 fully saturated rings. The maximum atomic E-state index is 12.7. The van der Waals surface area contributed by atoms with E-state index >= 15 is 0 Å². The molecular weight excluding hydrogens is 354 g/mol. The number of rotatable bonds is 5. The summed E-state index contributed by atoms with van der Waals surface area (Å²) in [5.74, 6) is 1.27. The Morgan fingerprint density at radius 1 is 1.36 bits per heavy atom. The van der Waals surface area contributed by atoms with E-state index in [-0.39, 0.29) is 18.1 Å². The number of nitrogens with zero attached hydrogens (tertiary/aromatic N) is 2. The molecule has 1 amide bonds. The molecule has 2 aliphatic heterocycles. The molecule has 148 valence electrons. The molecule has 0 aliphatic carbocycles. The van der Waals surface area contributed by atoms with Crippen molar-refractivity contribution in [1.29, 1.82) is 0 Å². The molecule has 3 heterocycles. The zero-order valence-electron chi connectivity index (χ0n) is 16.4. The number of likely N-dealkylation sites (tertiary alicyclic amines) is 1. The minimum atomic E-state index is -0.383. The fraction of sp³-hybridized carbons (Fsp3) is 0.455. The molecule has 1 aromatic carbocycles. The normalized spacial score (nSPS) is 24.6. The van der Waals surface area contributed by atoms with E-state index in [4.69, 9.17) is 9.47 Å². The number of amides is 1. The second-order valence-corrected chi connectivity index (χ2v) is 7.66. The van der Waals surface area contributed by atoms with E-state index in [0.717, 1.165) is 49.6 Å². The number of fused-ring (bicyclic) bond motifs is 1. The van der Waals surface area contributed by atoms with Crippen molar-refractivity contribution in [2.75, 3.05) is 25.5 Å². The van der Waals surface area contributed by atoms with Gasteiger partial charge in [-0.15, -0.1) is 0 Å². The van der Waals surface area contributed by atoms with E-state index in [2.05, 4.69) is 27.3 Å². The molecule has 1 aromatic heterocycles. The lowest BCUT2D eigenvalue weighted by Crippen LogP contribution is -2.41. The molecule has 3 atom stereocenters. The highest BCUT2D eigenvalue weighted by Gasteiger charge is 2.41. The Morgan fingerprint density at radius 2 is 2.25 bits per heavy atom. The number of nitrogens with one attached hydrogen (secondary N) is 1. The number of anilines is 1. The summed E-state index contributed by atoms with van der Waals surface area (Å²) < 4.78 is 11.5. The smallest absolute Gasteiger partial charge is 0.253 e. The lowest BCUT2D eigenvalue weighted by atomic mass is 9.91. The summed E-state index contributed by atoms with van der Waals surface area (Å²) >= 11 is 0. The van der Waals surface area contributed by atoms with Gasteiger partial charge in [-0.1, -0.05) is 12.1 Å². The predicted molar refractivity (Wildman–Crippen MR) is 107 cm³/mol. The zero-order chi connectivity index (χ0) is 19.5. The highest BCUT2D eigenvalue weighted by Crippen LogP contribution is 2.34. The molecule has 2 aromatic rings. The van der Waals surface area contributed by atoms with Crippen LogP contribution in [0.2, 0.25) is 0 Å². The van der Waals surface area contributed by atoms with Crippen LogP contribution in [0.3, 0.4) is 0 Å². The molecule has 0 saturated carbocycles. The molecule has 2 saturated heterocycles. The highest BCUT2D eigenvalue weighted by molar-refractivity contribution is 5.94. The predicted octanol–water partition coefficient (Wildman–Crippen LogP) is 3.02. The Labute approximate surface area is 165 Å². The van der Waals surface area contributed by atoms with Gasteiger partial charge in [0, 0.05) is 19.3 Å². The van der Waals surface area contributed by atoms with Gasteiger partial charge in [-0.05, 0) is 62.1 Å². The van der Waals surface area contributed by atoms with Crippen LogP contribution in [0.5, 0.6) is 5.75 Å². The maximum absolute atomic E-state index is 12.7. The van der Waals surface area contributed by atoms with Gasteiger partial charge < -0.3 is 14.8 Å². The number of carbonyl (C=O) groups is 1. The molecule has 1 N–H and O–H groups in total. The second-order valence-electron chi connectivity index (χ2n) is 7.66. The van der Waals surface area contributed by atoms with Crippen LogP contribution >= 0.6 is 0 Å². The highest BCUT2D eigenvalue weighted by atomic mass is 16.5. The molecule has 6 heteroatoms. The average Bonchev–Trinajstić information content (AvgIpc) is 3.13. The van der Waals surface area contributed by atoms with Crippen molar-refractivity contribution in [3.8, 4) is 5.75 Å². The molecule has 2 aliphatic rings. The Kier molecular flexibility index (Phi) is 5.59. The van der Waals surface area contributed by atoms with Crippen LogP contribution in [0.1, 0.15) is 24.1 Å². The van der Waals surface area contributed by atoms with Crippen molar-refractivity contribution in [2.24, 2.45) is 5.92 Å². The van der Waals surface area contributed by atoms with Crippen LogP contribution in [0, 0.1) is 12.8 Å². The summed E-state index contributed by atoms with van der Waals surface area (Å²) in [6.45, 7) is 4.65. The number of hydrogen-bond donors (Lipinski definition) is 1. The lowest BCUT2D eigenvalue weighted by molar-refractivity contribution is -0.127. The number of benzene rings is 1. The van der Waals surface area contributed by atoms with Crippen molar-refractivity contribution < 1.29 is 14.3 Å². The van der Waals surface area contributed by atoms with Gasteiger partial charge in [-0.3, -0.25) is 14.7 Å². The van der Waals surface area contributed by atoms with Crippen LogP contribution in [0.25, 0.3) is 0 Å². The fourth-order valence-corrected chi connectivity index (χ4v) is 4.17. The molecule has 28 heavy (non-hydrogen) atoms. The SMILES string of the molecule is COc1cccc(CN2CC[C@H]3C[C@H](C(=O)Nc4cccnc4C)O[C@@H]3C2)c1. The number of ether oxygens (including phenoxy) is 2. The van der Waals surface area contributed by atoms with E-state index in [9.17, 15) is 4.79 Å². The third kappa shape index (κ3) is 4.18. The van der Waals surface area contributed by atoms with E-state index in [1.807, 2.05) is 31.2 Å². The van der Waals surface area contributed by atoms with Gasteiger partial charge in [0.2, 0.25) is 0 Å². The molecule has 0 bridgehead atoms. The molecule has 4 rings (SSSR count). The zero-order valence-corrected chi connectivity index (χ0v) is 16.4. The first-order chi connectivity index (χ1) is 13.6. The van der Waals surface area contributed by atoms with Crippen molar-refractivity contribution in [1.82, 2.24) is 9.88 Å². The Hall–Kier alpha value is -2.44. The molecule has 0 unspecified atom stereocenters. The van der Waals surface area contributed by atoms with Gasteiger partial charge in [-0.25, -0.2) is 0 Å². The van der Waals surface area contributed by atoms with Gasteiger partial charge in [0.25, 0.3) is 5.91 Å². The first kappa shape index (κ1) is 18.9. The Balaban J connectivity index is 1.34. The number of pyridine rings is 1. The maximum Gasteiger partial charge on any atom is 0.253 e. The third-order valence-electron chi connectivity index (χ3n) is 5.73. The summed E-state index contributed by atoms with van der Waals surface area (Å²) in [6, 6.07) is 11.9. The van der Waals surface area contributed by atoms with Crippen molar-refractivity contribution in [3.05, 3.63) is 53.9 Å². The van der Waals surface area contributed by atoms with Gasteiger partial charge in [0.15, 0.2) is 0 Å². The monoisotopic (exact) mass is 381 g/mol. The Bertz CT molecular complexity index is 841. The minimum Gasteiger partial charge on any atom is -0.497 e. The van der Waals surface area contributed by atoms with Gasteiger partial charge in [0.05, 0.1) is 24.6 Å². The summed E-state index contributed by atoms with van der Waals surface area (Å²) in [4.78, 5) is 19.3. The van der Waals surface area contributed by atoms with Crippen LogP contribution < -0.4 is 10.1 Å². The van der Waals surface area contributed by atoms with Crippen molar-refractivity contribution in [2.45, 2.75) is 38.5 Å². The van der Waals surface area contributed by atoms with Gasteiger partial charge in [-0.2, -0.15) is 0 Å². The summed E-state index contributed by atoms with van der Waals surface area (Å²) in [5.41, 5.74) is 2.80. The van der Waals surface area contributed by atoms with E-state index in [1.54, 1.807) is 13.3 Å². The third-order valence-corrected chi connectivity index (χ3v) is 5.73. The van der Waals surface area contributed by atoms with Crippen molar-refractivity contribution in [3.63, 3.8) is 0 Å². The number of hydrogen-bond acceptors (Lipinski definition) is 5. The summed E-state index contributed by atoms with van der Waals surface area (Å²) in [5, 5.41) is 2.97. The number of aryl methyl sites for hydroxylation is 1. The van der Waals surface area contributed by atoms with Crippen LogP contribution in [0.15, 0.2) is 42.6 Å². The molecule has 0 radical (unpaired) electrons. The first-order valence-electron chi connectivity index (χ1n) is 9.85. The van der Waals surface area contributed by atoms with E-state index in [0.29, 0.717) is 5.92 Å². The quantitative estimate of drug-likeness (QED) is 0.863. The second kappa shape index (κ2) is 8.29. The van der Waals surface area contributed by atoms with Crippen molar-refractivity contribution >= 4 is 11.6 Å². The van der Waals surface area contributed by atoms with E-state index < -0.39 is 0 Å². The number of aromatic nitrogens is 1. The van der Waals surface area contributed by atoms with E-state index in [1.165, 1.54) is 5.56 Å². The van der Waals surface area contributed by atoms with Crippen LogP contribution in [-0.4, -0.2) is 48.2 Å². The van der Waals surface area contributed by atoms with Crippen LogP contribution in [-0.2, 0) is 16.1 Å². The largest absolute Gasteiger partial charge is 0.497 e. The number of piperidine rings is 1. The lowest BCUT2D eigenvalue weighted by Gasteiger charge is -2.34.